The van der Waals surface area contributed by atoms with E-state index < -0.39 is 58.1 Å². The van der Waals surface area contributed by atoms with Gasteiger partial charge in [-0.2, -0.15) is 17.5 Å². The fraction of sp³-hybridized carbons (Fsp3) is 0.400. The highest BCUT2D eigenvalue weighted by Gasteiger charge is 2.38. The molecule has 0 aliphatic carbocycles. The summed E-state index contributed by atoms with van der Waals surface area (Å²) in [5.74, 6) is -3.45. The van der Waals surface area contributed by atoms with Crippen molar-refractivity contribution in [1.29, 1.82) is 0 Å². The van der Waals surface area contributed by atoms with Crippen LogP contribution in [0.1, 0.15) is 0 Å². The van der Waals surface area contributed by atoms with Crippen LogP contribution in [0, 0.1) is 11.6 Å². The van der Waals surface area contributed by atoms with Gasteiger partial charge in [0.2, 0.25) is 10.0 Å². The van der Waals surface area contributed by atoms with Crippen molar-refractivity contribution in [2.75, 3.05) is 25.4 Å². The third kappa shape index (κ3) is 4.25. The van der Waals surface area contributed by atoms with Crippen molar-refractivity contribution in [3.63, 3.8) is 0 Å². The Kier molecular flexibility index (Phi) is 5.12. The molecular formula is C10H11F5N2O3S. The summed E-state index contributed by atoms with van der Waals surface area (Å²) < 4.78 is 87.5. The van der Waals surface area contributed by atoms with Gasteiger partial charge in [-0.3, -0.25) is 0 Å². The fourth-order valence-electron chi connectivity index (χ4n) is 1.51. The quantitative estimate of drug-likeness (QED) is 0.624. The second kappa shape index (κ2) is 6.12. The number of benzene rings is 1. The van der Waals surface area contributed by atoms with Crippen LogP contribution in [0.2, 0.25) is 0 Å². The molecule has 0 radical (unpaired) electrons. The first-order valence-electron chi connectivity index (χ1n) is 5.41. The molecule has 1 aromatic rings. The molecule has 1 rings (SSSR count). The molecule has 0 atom stereocenters. The van der Waals surface area contributed by atoms with E-state index in [-0.39, 0.29) is 4.31 Å². The zero-order valence-electron chi connectivity index (χ0n) is 10.4. The first kappa shape index (κ1) is 17.6. The van der Waals surface area contributed by atoms with Gasteiger partial charge in [0.05, 0.1) is 6.61 Å². The normalized spacial score (nSPS) is 12.9. The number of hydrogen-bond donors (Lipinski definition) is 2. The van der Waals surface area contributed by atoms with Crippen molar-refractivity contribution >= 4 is 15.7 Å². The van der Waals surface area contributed by atoms with Crippen LogP contribution >= 0.6 is 0 Å². The third-order valence-corrected chi connectivity index (χ3v) is 4.18. The molecule has 0 fully saturated rings. The summed E-state index contributed by atoms with van der Waals surface area (Å²) in [6.45, 7) is -3.81. The Bertz CT molecular complexity index is 618. The van der Waals surface area contributed by atoms with Gasteiger partial charge in [-0.25, -0.2) is 17.2 Å². The molecule has 0 amide bonds. The largest absolute Gasteiger partial charge is 0.402 e. The highest BCUT2D eigenvalue weighted by molar-refractivity contribution is 7.89. The molecule has 0 bridgehead atoms. The Morgan fingerprint density at radius 1 is 1.24 bits per heavy atom. The lowest BCUT2D eigenvalue weighted by Gasteiger charge is -2.23. The predicted octanol–water partition coefficient (Wildman–Crippen LogP) is 1.09. The zero-order valence-corrected chi connectivity index (χ0v) is 11.2. The van der Waals surface area contributed by atoms with Crippen LogP contribution in [0.25, 0.3) is 0 Å². The fourth-order valence-corrected chi connectivity index (χ4v) is 3.03. The molecular weight excluding hydrogens is 323 g/mol. The second-order valence-electron chi connectivity index (χ2n) is 3.99. The van der Waals surface area contributed by atoms with Crippen molar-refractivity contribution in [2.24, 2.45) is 0 Å². The number of sulfonamides is 1. The minimum Gasteiger partial charge on any atom is -0.399 e. The van der Waals surface area contributed by atoms with Gasteiger partial charge in [0.15, 0.2) is 11.6 Å². The van der Waals surface area contributed by atoms with Gasteiger partial charge < -0.3 is 10.8 Å². The Balaban J connectivity index is 3.36. The lowest BCUT2D eigenvalue weighted by molar-refractivity contribution is -0.136. The molecule has 120 valence electrons. The maximum atomic E-state index is 13.5. The van der Waals surface area contributed by atoms with E-state index in [0.29, 0.717) is 12.1 Å². The van der Waals surface area contributed by atoms with E-state index in [1.807, 2.05) is 0 Å². The van der Waals surface area contributed by atoms with E-state index in [1.54, 1.807) is 0 Å². The van der Waals surface area contributed by atoms with Gasteiger partial charge in [0.1, 0.15) is 11.4 Å². The summed E-state index contributed by atoms with van der Waals surface area (Å²) in [6, 6.07) is 1.00. The van der Waals surface area contributed by atoms with Gasteiger partial charge in [0.25, 0.3) is 0 Å². The van der Waals surface area contributed by atoms with Crippen LogP contribution in [0.15, 0.2) is 17.0 Å². The van der Waals surface area contributed by atoms with Gasteiger partial charge in [-0.15, -0.1) is 0 Å². The number of nitrogen functional groups attached to an aromatic ring is 1. The lowest BCUT2D eigenvalue weighted by Crippen LogP contribution is -2.41. The Morgan fingerprint density at radius 3 is 2.29 bits per heavy atom. The van der Waals surface area contributed by atoms with E-state index >= 15 is 0 Å². The molecule has 21 heavy (non-hydrogen) atoms. The van der Waals surface area contributed by atoms with Crippen LogP contribution in [0.3, 0.4) is 0 Å². The minimum atomic E-state index is -5.01. The molecule has 0 aliphatic heterocycles. The number of alkyl halides is 3. The second-order valence-corrected chi connectivity index (χ2v) is 5.90. The topological polar surface area (TPSA) is 83.6 Å². The standard InChI is InChI=1S/C10H11F5N2O3S/c11-7-3-6(16)4-8(9(7)12)21(19,20)17(1-2-18)5-10(13,14)15/h3-4,18H,1-2,5,16H2. The summed E-state index contributed by atoms with van der Waals surface area (Å²) >= 11 is 0. The molecule has 0 aliphatic rings. The molecule has 0 saturated carbocycles. The number of nitrogens with two attached hydrogens (primary N) is 1. The molecule has 1 aromatic carbocycles. The van der Waals surface area contributed by atoms with Crippen molar-refractivity contribution in [2.45, 2.75) is 11.1 Å². The summed E-state index contributed by atoms with van der Waals surface area (Å²) in [7, 11) is -5.01. The lowest BCUT2D eigenvalue weighted by atomic mass is 10.3. The van der Waals surface area contributed by atoms with Crippen molar-refractivity contribution in [1.82, 2.24) is 4.31 Å². The van der Waals surface area contributed by atoms with Crippen LogP contribution in [-0.4, -0.2) is 43.7 Å². The first-order valence-corrected chi connectivity index (χ1v) is 6.85. The van der Waals surface area contributed by atoms with Crippen molar-refractivity contribution < 1.29 is 35.5 Å². The molecule has 5 nitrogen and oxygen atoms in total. The molecule has 0 spiro atoms. The average molecular weight is 334 g/mol. The summed E-state index contributed by atoms with van der Waals surface area (Å²) in [6.07, 6.45) is -4.92. The summed E-state index contributed by atoms with van der Waals surface area (Å²) in [5.41, 5.74) is 4.70. The van der Waals surface area contributed by atoms with E-state index in [4.69, 9.17) is 10.8 Å². The van der Waals surface area contributed by atoms with Gasteiger partial charge in [-0.1, -0.05) is 0 Å². The predicted molar refractivity (Wildman–Crippen MR) is 62.7 cm³/mol. The zero-order chi connectivity index (χ0) is 16.4. The molecule has 0 unspecified atom stereocenters. The van der Waals surface area contributed by atoms with Crippen LogP contribution in [0.4, 0.5) is 27.6 Å². The Morgan fingerprint density at radius 2 is 1.81 bits per heavy atom. The molecule has 0 saturated heterocycles. The number of hydrogen-bond acceptors (Lipinski definition) is 4. The Hall–Kier alpha value is -1.46. The molecule has 3 N–H and O–H groups in total. The van der Waals surface area contributed by atoms with E-state index in [0.717, 1.165) is 0 Å². The SMILES string of the molecule is Nc1cc(F)c(F)c(S(=O)(=O)N(CCO)CC(F)(F)F)c1. The first-order chi connectivity index (χ1) is 9.49. The van der Waals surface area contributed by atoms with E-state index in [2.05, 4.69) is 0 Å². The molecule has 0 aromatic heterocycles. The maximum absolute atomic E-state index is 13.5. The number of aliphatic hydroxyl groups is 1. The van der Waals surface area contributed by atoms with Gasteiger partial charge >= 0.3 is 6.18 Å². The van der Waals surface area contributed by atoms with Gasteiger partial charge in [-0.05, 0) is 12.1 Å². The van der Waals surface area contributed by atoms with E-state index in [1.165, 1.54) is 0 Å². The highest BCUT2D eigenvalue weighted by atomic mass is 32.2. The van der Waals surface area contributed by atoms with Crippen LogP contribution < -0.4 is 5.73 Å². The number of anilines is 1. The minimum absolute atomic E-state index is 0.204. The van der Waals surface area contributed by atoms with Crippen LogP contribution in [-0.2, 0) is 10.0 Å². The van der Waals surface area contributed by atoms with Crippen LogP contribution in [0.5, 0.6) is 0 Å². The number of nitrogens with zero attached hydrogens (tertiary/aromatic N) is 1. The summed E-state index contributed by atoms with van der Waals surface area (Å²) in [5, 5.41) is 8.66. The molecule has 0 heterocycles. The highest BCUT2D eigenvalue weighted by Crippen LogP contribution is 2.27. The van der Waals surface area contributed by atoms with Gasteiger partial charge in [0, 0.05) is 12.2 Å². The monoisotopic (exact) mass is 334 g/mol. The number of rotatable bonds is 5. The Labute approximate surface area is 116 Å². The number of aliphatic hydroxyl groups excluding tert-OH is 1. The van der Waals surface area contributed by atoms with E-state index in [9.17, 15) is 30.4 Å². The maximum Gasteiger partial charge on any atom is 0.402 e. The van der Waals surface area contributed by atoms with Crippen molar-refractivity contribution in [3.05, 3.63) is 23.8 Å². The smallest absolute Gasteiger partial charge is 0.399 e. The summed E-state index contributed by atoms with van der Waals surface area (Å²) in [4.78, 5) is -1.32. The average Bonchev–Trinajstić information content (AvgIpc) is 2.31. The number of halogens is 5. The van der Waals surface area contributed by atoms with Crippen molar-refractivity contribution in [3.8, 4) is 0 Å². The third-order valence-electron chi connectivity index (χ3n) is 2.34. The molecule has 11 heteroatoms.